The number of hydrogen-bond donors (Lipinski definition) is 1. The molecular weight excluding hydrogens is 286 g/mol. The average molecular weight is 312 g/mol. The van der Waals surface area contributed by atoms with Crippen LogP contribution in [-0.2, 0) is 11.3 Å². The van der Waals surface area contributed by atoms with Gasteiger partial charge in [-0.15, -0.1) is 0 Å². The van der Waals surface area contributed by atoms with Crippen molar-refractivity contribution in [3.63, 3.8) is 0 Å². The molecule has 5 heteroatoms. The summed E-state index contributed by atoms with van der Waals surface area (Å²) in [4.78, 5) is 15.9. The van der Waals surface area contributed by atoms with E-state index in [0.717, 1.165) is 37.4 Å². The molecule has 0 aliphatic heterocycles. The highest BCUT2D eigenvalue weighted by Gasteiger charge is 2.14. The molecule has 0 saturated heterocycles. The summed E-state index contributed by atoms with van der Waals surface area (Å²) in [7, 11) is 1.90. The maximum absolute atomic E-state index is 12.1. The highest BCUT2D eigenvalue weighted by molar-refractivity contribution is 6.33. The van der Waals surface area contributed by atoms with Crippen molar-refractivity contribution in [2.45, 2.75) is 27.3 Å². The minimum absolute atomic E-state index is 0.121. The largest absolute Gasteiger partial charge is 0.364 e. The van der Waals surface area contributed by atoms with E-state index < -0.39 is 0 Å². The number of nitrogens with one attached hydrogen (secondary N) is 1. The summed E-state index contributed by atoms with van der Waals surface area (Å²) in [5.41, 5.74) is 2.03. The van der Waals surface area contributed by atoms with E-state index in [1.807, 2.05) is 48.9 Å². The predicted octanol–water partition coefficient (Wildman–Crippen LogP) is 2.75. The van der Waals surface area contributed by atoms with Gasteiger partial charge in [-0.25, -0.2) is 0 Å². The number of halogens is 1. The number of benzene rings is 1. The van der Waals surface area contributed by atoms with Gasteiger partial charge in [0, 0.05) is 26.7 Å². The van der Waals surface area contributed by atoms with Gasteiger partial charge in [-0.2, -0.15) is 0 Å². The smallest absolute Gasteiger partial charge is 0.242 e. The van der Waals surface area contributed by atoms with Crippen LogP contribution in [0.5, 0.6) is 0 Å². The van der Waals surface area contributed by atoms with E-state index in [2.05, 4.69) is 12.2 Å². The molecule has 0 fully saturated rings. The second kappa shape index (κ2) is 8.90. The Morgan fingerprint density at radius 3 is 2.43 bits per heavy atom. The SMILES string of the molecule is CCNCc1ccc(N(C)CC(=O)N(CC)CC)c(Cl)c1. The lowest BCUT2D eigenvalue weighted by Gasteiger charge is -2.25. The molecule has 0 aromatic heterocycles. The molecule has 0 aliphatic carbocycles. The third-order valence-corrected chi connectivity index (χ3v) is 3.79. The molecule has 0 heterocycles. The number of anilines is 1. The van der Waals surface area contributed by atoms with Gasteiger partial charge in [-0.3, -0.25) is 4.79 Å². The van der Waals surface area contributed by atoms with Gasteiger partial charge >= 0.3 is 0 Å². The summed E-state index contributed by atoms with van der Waals surface area (Å²) in [5.74, 6) is 0.121. The Morgan fingerprint density at radius 2 is 1.90 bits per heavy atom. The molecule has 0 atom stereocenters. The van der Waals surface area contributed by atoms with Crippen LogP contribution in [0.1, 0.15) is 26.3 Å². The van der Waals surface area contributed by atoms with Crippen molar-refractivity contribution < 1.29 is 4.79 Å². The normalized spacial score (nSPS) is 10.5. The monoisotopic (exact) mass is 311 g/mol. The molecule has 0 saturated carbocycles. The fraction of sp³-hybridized carbons (Fsp3) is 0.562. The third kappa shape index (κ3) is 5.21. The number of likely N-dealkylation sites (N-methyl/N-ethyl adjacent to an activating group) is 2. The van der Waals surface area contributed by atoms with Gasteiger partial charge in [0.05, 0.1) is 17.3 Å². The molecule has 0 spiro atoms. The first kappa shape index (κ1) is 17.8. The molecule has 1 amide bonds. The van der Waals surface area contributed by atoms with Gasteiger partial charge in [0.15, 0.2) is 0 Å². The molecular formula is C16H26ClN3O. The maximum atomic E-state index is 12.1. The molecule has 0 bridgehead atoms. The zero-order valence-electron chi connectivity index (χ0n) is 13.4. The molecule has 0 aliphatic rings. The molecule has 1 aromatic carbocycles. The lowest BCUT2D eigenvalue weighted by molar-refractivity contribution is -0.129. The molecule has 21 heavy (non-hydrogen) atoms. The van der Waals surface area contributed by atoms with Crippen LogP contribution in [0.3, 0.4) is 0 Å². The van der Waals surface area contributed by atoms with Gasteiger partial charge in [-0.1, -0.05) is 24.6 Å². The quantitative estimate of drug-likeness (QED) is 0.802. The van der Waals surface area contributed by atoms with E-state index in [9.17, 15) is 4.79 Å². The van der Waals surface area contributed by atoms with Gasteiger partial charge in [-0.05, 0) is 38.1 Å². The Morgan fingerprint density at radius 1 is 1.24 bits per heavy atom. The predicted molar refractivity (Wildman–Crippen MR) is 90.0 cm³/mol. The van der Waals surface area contributed by atoms with E-state index in [0.29, 0.717) is 11.6 Å². The maximum Gasteiger partial charge on any atom is 0.242 e. The first-order valence-corrected chi connectivity index (χ1v) is 7.89. The van der Waals surface area contributed by atoms with Crippen LogP contribution in [0.2, 0.25) is 5.02 Å². The molecule has 4 nitrogen and oxygen atoms in total. The van der Waals surface area contributed by atoms with Crippen LogP contribution in [-0.4, -0.2) is 44.0 Å². The van der Waals surface area contributed by atoms with Crippen LogP contribution < -0.4 is 10.2 Å². The number of carbonyl (C=O) groups is 1. The lowest BCUT2D eigenvalue weighted by atomic mass is 10.2. The summed E-state index contributed by atoms with van der Waals surface area (Å²) in [6.45, 7) is 9.59. The fourth-order valence-electron chi connectivity index (χ4n) is 2.20. The van der Waals surface area contributed by atoms with E-state index in [4.69, 9.17) is 11.6 Å². The van der Waals surface area contributed by atoms with Crippen LogP contribution >= 0.6 is 11.6 Å². The van der Waals surface area contributed by atoms with Crippen LogP contribution in [0.4, 0.5) is 5.69 Å². The van der Waals surface area contributed by atoms with Crippen molar-refractivity contribution in [3.05, 3.63) is 28.8 Å². The van der Waals surface area contributed by atoms with Gasteiger partial charge < -0.3 is 15.1 Å². The summed E-state index contributed by atoms with van der Waals surface area (Å²) in [6.07, 6.45) is 0. The van der Waals surface area contributed by atoms with Gasteiger partial charge in [0.25, 0.3) is 0 Å². The third-order valence-electron chi connectivity index (χ3n) is 3.49. The number of amides is 1. The zero-order valence-corrected chi connectivity index (χ0v) is 14.2. The summed E-state index contributed by atoms with van der Waals surface area (Å²) < 4.78 is 0. The van der Waals surface area contributed by atoms with Crippen molar-refractivity contribution in [1.29, 1.82) is 0 Å². The van der Waals surface area contributed by atoms with E-state index >= 15 is 0 Å². The zero-order chi connectivity index (χ0) is 15.8. The summed E-state index contributed by atoms with van der Waals surface area (Å²) >= 11 is 6.34. The Bertz CT molecular complexity index is 461. The lowest BCUT2D eigenvalue weighted by Crippen LogP contribution is -2.38. The second-order valence-electron chi connectivity index (χ2n) is 4.99. The molecule has 1 rings (SSSR count). The highest BCUT2D eigenvalue weighted by Crippen LogP contribution is 2.26. The fourth-order valence-corrected chi connectivity index (χ4v) is 2.55. The summed E-state index contributed by atoms with van der Waals surface area (Å²) in [6, 6.07) is 5.98. The van der Waals surface area contributed by atoms with Crippen molar-refractivity contribution in [2.75, 3.05) is 38.1 Å². The Hall–Kier alpha value is -1.26. The van der Waals surface area contributed by atoms with Crippen molar-refractivity contribution in [1.82, 2.24) is 10.2 Å². The topological polar surface area (TPSA) is 35.6 Å². The average Bonchev–Trinajstić information content (AvgIpc) is 2.46. The molecule has 0 unspecified atom stereocenters. The van der Waals surface area contributed by atoms with Crippen molar-refractivity contribution in [2.24, 2.45) is 0 Å². The van der Waals surface area contributed by atoms with Gasteiger partial charge in [0.1, 0.15) is 0 Å². The number of nitrogens with zero attached hydrogens (tertiary/aromatic N) is 2. The van der Waals surface area contributed by atoms with Crippen molar-refractivity contribution in [3.8, 4) is 0 Å². The number of rotatable bonds is 8. The first-order chi connectivity index (χ1) is 10.0. The molecule has 0 radical (unpaired) electrons. The standard InChI is InChI=1S/C16H26ClN3O/c1-5-18-11-13-8-9-15(14(17)10-13)19(4)12-16(21)20(6-2)7-3/h8-10,18H,5-7,11-12H2,1-4H3. The van der Waals surface area contributed by atoms with Crippen LogP contribution in [0.25, 0.3) is 0 Å². The first-order valence-electron chi connectivity index (χ1n) is 7.51. The van der Waals surface area contributed by atoms with Crippen LogP contribution in [0.15, 0.2) is 18.2 Å². The second-order valence-corrected chi connectivity index (χ2v) is 5.40. The van der Waals surface area contributed by atoms with Crippen LogP contribution in [0, 0.1) is 0 Å². The van der Waals surface area contributed by atoms with E-state index in [1.165, 1.54) is 0 Å². The minimum Gasteiger partial charge on any atom is -0.364 e. The summed E-state index contributed by atoms with van der Waals surface area (Å²) in [5, 5.41) is 3.95. The van der Waals surface area contributed by atoms with Crippen molar-refractivity contribution >= 4 is 23.2 Å². The van der Waals surface area contributed by atoms with Gasteiger partial charge in [0.2, 0.25) is 5.91 Å². The minimum atomic E-state index is 0.121. The molecule has 1 N–H and O–H groups in total. The molecule has 1 aromatic rings. The Kier molecular flexibility index (Phi) is 7.54. The number of hydrogen-bond acceptors (Lipinski definition) is 3. The highest BCUT2D eigenvalue weighted by atomic mass is 35.5. The molecule has 118 valence electrons. The Labute approximate surface area is 133 Å². The number of carbonyl (C=O) groups excluding carboxylic acids is 1. The van der Waals surface area contributed by atoms with E-state index in [-0.39, 0.29) is 5.91 Å². The van der Waals surface area contributed by atoms with E-state index in [1.54, 1.807) is 0 Å². The Balaban J connectivity index is 2.74.